The van der Waals surface area contributed by atoms with Crippen LogP contribution in [0.5, 0.6) is 5.75 Å². The lowest BCUT2D eigenvalue weighted by atomic mass is 10.1. The number of hydrogen-bond acceptors (Lipinski definition) is 2. The van der Waals surface area contributed by atoms with E-state index in [-0.39, 0.29) is 11.8 Å². The zero-order chi connectivity index (χ0) is 11.5. The van der Waals surface area contributed by atoms with Crippen LogP contribution in [-0.4, -0.2) is 25.4 Å². The Labute approximate surface area is 100.0 Å². The maximum atomic E-state index is 11.8. The van der Waals surface area contributed by atoms with Crippen LogP contribution in [0.1, 0.15) is 6.42 Å². The fraction of sp³-hybridized carbons (Fsp3) is 0.417. The Morgan fingerprint density at radius 2 is 2.38 bits per heavy atom. The van der Waals surface area contributed by atoms with E-state index >= 15 is 0 Å². The molecule has 0 saturated carbocycles. The number of anilines is 1. The van der Waals surface area contributed by atoms with E-state index in [1.165, 1.54) is 0 Å². The normalized spacial score (nSPS) is 20.2. The van der Waals surface area contributed by atoms with E-state index in [1.807, 2.05) is 24.3 Å². The van der Waals surface area contributed by atoms with Gasteiger partial charge >= 0.3 is 0 Å². The molecule has 1 aromatic carbocycles. The third kappa shape index (κ3) is 2.14. The summed E-state index contributed by atoms with van der Waals surface area (Å²) >= 11 is 5.78. The van der Waals surface area contributed by atoms with E-state index in [0.29, 0.717) is 18.8 Å². The molecule has 16 heavy (non-hydrogen) atoms. The molecule has 1 unspecified atom stereocenters. The molecule has 0 aliphatic carbocycles. The first-order valence-electron chi connectivity index (χ1n) is 5.25. The van der Waals surface area contributed by atoms with Gasteiger partial charge in [0.2, 0.25) is 5.91 Å². The maximum absolute atomic E-state index is 11.8. The number of carbonyl (C=O) groups excluding carboxylic acids is 1. The van der Waals surface area contributed by atoms with Gasteiger partial charge in [-0.3, -0.25) is 4.79 Å². The summed E-state index contributed by atoms with van der Waals surface area (Å²) in [6.45, 7) is 0.704. The number of nitrogens with zero attached hydrogens (tertiary/aromatic N) is 1. The summed E-state index contributed by atoms with van der Waals surface area (Å²) in [4.78, 5) is 13.5. The van der Waals surface area contributed by atoms with E-state index in [1.54, 1.807) is 12.0 Å². The molecule has 1 amide bonds. The number of halogens is 1. The molecule has 1 atom stereocenters. The minimum atomic E-state index is 0.138. The highest BCUT2D eigenvalue weighted by molar-refractivity contribution is 6.18. The van der Waals surface area contributed by atoms with Crippen LogP contribution in [0.15, 0.2) is 24.3 Å². The first kappa shape index (κ1) is 11.3. The van der Waals surface area contributed by atoms with Gasteiger partial charge in [-0.1, -0.05) is 6.07 Å². The number of hydrogen-bond donors (Lipinski definition) is 0. The van der Waals surface area contributed by atoms with Crippen LogP contribution in [0, 0.1) is 5.92 Å². The summed E-state index contributed by atoms with van der Waals surface area (Å²) in [7, 11) is 1.62. The van der Waals surface area contributed by atoms with Gasteiger partial charge in [-0.15, -0.1) is 11.6 Å². The molecule has 1 aliphatic rings. The Kier molecular flexibility index (Phi) is 3.34. The van der Waals surface area contributed by atoms with E-state index in [2.05, 4.69) is 0 Å². The van der Waals surface area contributed by atoms with Crippen molar-refractivity contribution in [1.29, 1.82) is 0 Å². The van der Waals surface area contributed by atoms with Gasteiger partial charge in [-0.2, -0.15) is 0 Å². The predicted molar refractivity (Wildman–Crippen MR) is 64.2 cm³/mol. The Morgan fingerprint density at radius 3 is 3.00 bits per heavy atom. The fourth-order valence-corrected chi connectivity index (χ4v) is 2.12. The van der Waals surface area contributed by atoms with Crippen molar-refractivity contribution in [3.63, 3.8) is 0 Å². The first-order valence-corrected chi connectivity index (χ1v) is 5.78. The average Bonchev–Trinajstić information content (AvgIpc) is 2.71. The summed E-state index contributed by atoms with van der Waals surface area (Å²) in [5, 5.41) is 0. The van der Waals surface area contributed by atoms with Crippen LogP contribution in [0.4, 0.5) is 5.69 Å². The molecule has 0 N–H and O–H groups in total. The molecule has 2 rings (SSSR count). The second-order valence-electron chi connectivity index (χ2n) is 3.93. The number of alkyl halides is 1. The number of ether oxygens (including phenoxy) is 1. The van der Waals surface area contributed by atoms with E-state index in [9.17, 15) is 4.79 Å². The van der Waals surface area contributed by atoms with Gasteiger partial charge in [-0.05, 0) is 18.1 Å². The Morgan fingerprint density at radius 1 is 1.56 bits per heavy atom. The molecular weight excluding hydrogens is 226 g/mol. The lowest BCUT2D eigenvalue weighted by Crippen LogP contribution is -2.24. The molecule has 1 fully saturated rings. The highest BCUT2D eigenvalue weighted by Crippen LogP contribution is 2.28. The molecule has 3 nitrogen and oxygen atoms in total. The SMILES string of the molecule is COc1cccc(N2CC(CCl)CC2=O)c1. The molecule has 1 aliphatic heterocycles. The molecule has 1 aromatic rings. The van der Waals surface area contributed by atoms with Crippen molar-refractivity contribution in [2.75, 3.05) is 24.4 Å². The minimum absolute atomic E-state index is 0.138. The van der Waals surface area contributed by atoms with E-state index < -0.39 is 0 Å². The summed E-state index contributed by atoms with van der Waals surface area (Å²) < 4.78 is 5.14. The van der Waals surface area contributed by atoms with E-state index in [4.69, 9.17) is 16.3 Å². The van der Waals surface area contributed by atoms with Crippen molar-refractivity contribution in [2.24, 2.45) is 5.92 Å². The minimum Gasteiger partial charge on any atom is -0.497 e. The Hall–Kier alpha value is -1.22. The number of benzene rings is 1. The lowest BCUT2D eigenvalue weighted by molar-refractivity contribution is -0.117. The van der Waals surface area contributed by atoms with Gasteiger partial charge in [0.05, 0.1) is 7.11 Å². The summed E-state index contributed by atoms with van der Waals surface area (Å²) in [6.07, 6.45) is 0.542. The molecule has 0 radical (unpaired) electrons. The van der Waals surface area contributed by atoms with Crippen molar-refractivity contribution in [1.82, 2.24) is 0 Å². The van der Waals surface area contributed by atoms with Gasteiger partial charge in [0, 0.05) is 30.6 Å². The molecule has 86 valence electrons. The summed E-state index contributed by atoms with van der Waals surface area (Å²) in [6, 6.07) is 7.53. The van der Waals surface area contributed by atoms with Crippen molar-refractivity contribution >= 4 is 23.2 Å². The number of rotatable bonds is 3. The quantitative estimate of drug-likeness (QED) is 0.758. The third-order valence-corrected chi connectivity index (χ3v) is 3.22. The molecule has 0 spiro atoms. The van der Waals surface area contributed by atoms with Crippen molar-refractivity contribution in [2.45, 2.75) is 6.42 Å². The van der Waals surface area contributed by atoms with E-state index in [0.717, 1.165) is 11.4 Å². The number of methoxy groups -OCH3 is 1. The van der Waals surface area contributed by atoms with Crippen LogP contribution in [0.25, 0.3) is 0 Å². The van der Waals surface area contributed by atoms with Crippen LogP contribution in [0.3, 0.4) is 0 Å². The average molecular weight is 240 g/mol. The Bertz CT molecular complexity index is 394. The van der Waals surface area contributed by atoms with Gasteiger partial charge in [-0.25, -0.2) is 0 Å². The van der Waals surface area contributed by atoms with Crippen LogP contribution < -0.4 is 9.64 Å². The zero-order valence-electron chi connectivity index (χ0n) is 9.15. The highest BCUT2D eigenvalue weighted by Gasteiger charge is 2.29. The summed E-state index contributed by atoms with van der Waals surface area (Å²) in [5.74, 6) is 1.70. The van der Waals surface area contributed by atoms with Crippen molar-refractivity contribution in [3.8, 4) is 5.75 Å². The second-order valence-corrected chi connectivity index (χ2v) is 4.24. The van der Waals surface area contributed by atoms with Crippen molar-refractivity contribution in [3.05, 3.63) is 24.3 Å². The third-order valence-electron chi connectivity index (χ3n) is 2.79. The molecule has 4 heteroatoms. The van der Waals surface area contributed by atoms with Gasteiger partial charge in [0.1, 0.15) is 5.75 Å². The Balaban J connectivity index is 2.20. The maximum Gasteiger partial charge on any atom is 0.227 e. The summed E-state index contributed by atoms with van der Waals surface area (Å²) in [5.41, 5.74) is 0.886. The molecular formula is C12H14ClNO2. The fourth-order valence-electron chi connectivity index (χ4n) is 1.91. The largest absolute Gasteiger partial charge is 0.497 e. The smallest absolute Gasteiger partial charge is 0.227 e. The van der Waals surface area contributed by atoms with Crippen molar-refractivity contribution < 1.29 is 9.53 Å². The number of carbonyl (C=O) groups is 1. The zero-order valence-corrected chi connectivity index (χ0v) is 9.91. The monoisotopic (exact) mass is 239 g/mol. The molecule has 1 heterocycles. The highest BCUT2D eigenvalue weighted by atomic mass is 35.5. The second kappa shape index (κ2) is 4.74. The molecule has 0 aromatic heterocycles. The van der Waals surface area contributed by atoms with Gasteiger partial charge < -0.3 is 9.64 Å². The number of amides is 1. The van der Waals surface area contributed by atoms with Crippen LogP contribution >= 0.6 is 11.6 Å². The first-order chi connectivity index (χ1) is 7.74. The standard InChI is InChI=1S/C12H14ClNO2/c1-16-11-4-2-3-10(6-11)14-8-9(7-13)5-12(14)15/h2-4,6,9H,5,7-8H2,1H3. The van der Waals surface area contributed by atoms with Gasteiger partial charge in [0.15, 0.2) is 0 Å². The predicted octanol–water partition coefficient (Wildman–Crippen LogP) is 2.29. The van der Waals surface area contributed by atoms with Crippen LogP contribution in [0.2, 0.25) is 0 Å². The topological polar surface area (TPSA) is 29.5 Å². The van der Waals surface area contributed by atoms with Crippen LogP contribution in [-0.2, 0) is 4.79 Å². The lowest BCUT2D eigenvalue weighted by Gasteiger charge is -2.17. The molecule has 1 saturated heterocycles. The molecule has 0 bridgehead atoms. The van der Waals surface area contributed by atoms with Gasteiger partial charge in [0.25, 0.3) is 0 Å².